The van der Waals surface area contributed by atoms with E-state index in [1.807, 2.05) is 13.3 Å². The Morgan fingerprint density at radius 1 is 0.846 bits per heavy atom. The van der Waals surface area contributed by atoms with E-state index in [-0.39, 0.29) is 11.1 Å². The average Bonchev–Trinajstić information content (AvgIpc) is 1.44. The predicted octanol–water partition coefficient (Wildman–Crippen LogP) is 3.42. The lowest BCUT2D eigenvalue weighted by molar-refractivity contribution is 0.138. The molecule has 0 radical (unpaired) electrons. The molecular formula is C10H24NOP. The first-order chi connectivity index (χ1) is 5.37. The summed E-state index contributed by atoms with van der Waals surface area (Å²) in [5.41, 5.74) is -0.0887. The zero-order valence-corrected chi connectivity index (χ0v) is 11.2. The van der Waals surface area contributed by atoms with E-state index in [4.69, 9.17) is 0 Å². The Balaban J connectivity index is 5.15. The monoisotopic (exact) mass is 205 g/mol. The average molecular weight is 205 g/mol. The Hall–Kier alpha value is 0.190. The molecule has 0 aromatic heterocycles. The van der Waals surface area contributed by atoms with Gasteiger partial charge < -0.3 is 4.57 Å². The molecule has 0 bridgehead atoms. The van der Waals surface area contributed by atoms with Crippen molar-refractivity contribution in [1.82, 2.24) is 4.67 Å². The molecule has 0 aliphatic heterocycles. The van der Waals surface area contributed by atoms with Crippen molar-refractivity contribution in [3.8, 4) is 0 Å². The molecule has 0 saturated heterocycles. The first-order valence-electron chi connectivity index (χ1n) is 4.72. The van der Waals surface area contributed by atoms with Gasteiger partial charge in [0.15, 0.2) is 0 Å². The maximum absolute atomic E-state index is 12.1. The molecule has 2 nitrogen and oxygen atoms in total. The summed E-state index contributed by atoms with van der Waals surface area (Å²) in [6.45, 7) is 16.3. The summed E-state index contributed by atoms with van der Waals surface area (Å²) in [5.74, 6) is 0. The Labute approximate surface area is 83.1 Å². The molecule has 0 aromatic carbocycles. The molecule has 80 valence electrons. The number of hydrogen-bond acceptors (Lipinski definition) is 1. The molecule has 0 fully saturated rings. The van der Waals surface area contributed by atoms with Gasteiger partial charge in [-0.25, -0.2) is 4.67 Å². The predicted molar refractivity (Wildman–Crippen MR) is 60.8 cm³/mol. The van der Waals surface area contributed by atoms with Gasteiger partial charge in [0.1, 0.15) is 7.29 Å². The van der Waals surface area contributed by atoms with Crippen molar-refractivity contribution in [2.24, 2.45) is 0 Å². The van der Waals surface area contributed by atoms with Crippen molar-refractivity contribution in [1.29, 1.82) is 0 Å². The smallest absolute Gasteiger partial charge is 0.145 e. The second kappa shape index (κ2) is 3.40. The molecule has 0 heterocycles. The molecule has 0 rings (SSSR count). The molecule has 3 heteroatoms. The van der Waals surface area contributed by atoms with Crippen LogP contribution in [0.4, 0.5) is 0 Å². The number of nitrogens with zero attached hydrogens (tertiary/aromatic N) is 1. The van der Waals surface area contributed by atoms with Crippen molar-refractivity contribution in [2.75, 3.05) is 13.3 Å². The van der Waals surface area contributed by atoms with Crippen LogP contribution in [-0.2, 0) is 4.57 Å². The first kappa shape index (κ1) is 13.2. The van der Waals surface area contributed by atoms with Gasteiger partial charge in [0.2, 0.25) is 0 Å². The zero-order chi connectivity index (χ0) is 11.1. The van der Waals surface area contributed by atoms with E-state index in [2.05, 4.69) is 46.2 Å². The fraction of sp³-hybridized carbons (Fsp3) is 1.00. The molecule has 0 amide bonds. The highest BCUT2D eigenvalue weighted by Gasteiger charge is 2.38. The van der Waals surface area contributed by atoms with Crippen LogP contribution in [0.3, 0.4) is 0 Å². The van der Waals surface area contributed by atoms with Crippen LogP contribution < -0.4 is 0 Å². The van der Waals surface area contributed by atoms with Crippen molar-refractivity contribution in [2.45, 2.75) is 52.6 Å². The van der Waals surface area contributed by atoms with Crippen LogP contribution in [0.15, 0.2) is 0 Å². The molecule has 0 N–H and O–H groups in total. The topological polar surface area (TPSA) is 20.3 Å². The quantitative estimate of drug-likeness (QED) is 0.611. The fourth-order valence-corrected chi connectivity index (χ4v) is 5.34. The summed E-state index contributed by atoms with van der Waals surface area (Å²) in [6, 6.07) is 0. The van der Waals surface area contributed by atoms with E-state index in [0.717, 1.165) is 0 Å². The third-order valence-electron chi connectivity index (χ3n) is 1.75. The minimum atomic E-state index is -2.19. The van der Waals surface area contributed by atoms with E-state index in [1.54, 1.807) is 0 Å². The second-order valence-corrected chi connectivity index (χ2v) is 8.94. The van der Waals surface area contributed by atoms with Crippen LogP contribution in [0.1, 0.15) is 41.5 Å². The zero-order valence-electron chi connectivity index (χ0n) is 10.3. The SMILES string of the molecule is CC(C)(C)N(C(C)(C)C)P(C)(C)=O. The number of rotatable bonds is 1. The lowest BCUT2D eigenvalue weighted by Gasteiger charge is -2.47. The summed E-state index contributed by atoms with van der Waals surface area (Å²) < 4.78 is 14.3. The van der Waals surface area contributed by atoms with E-state index in [9.17, 15) is 4.57 Å². The fourth-order valence-electron chi connectivity index (χ4n) is 2.45. The minimum absolute atomic E-state index is 0.0444. The third kappa shape index (κ3) is 3.83. The molecule has 0 aliphatic carbocycles. The van der Waals surface area contributed by atoms with Gasteiger partial charge >= 0.3 is 0 Å². The summed E-state index contributed by atoms with van der Waals surface area (Å²) >= 11 is 0. The molecule has 0 saturated carbocycles. The summed E-state index contributed by atoms with van der Waals surface area (Å²) in [6.07, 6.45) is 0. The van der Waals surface area contributed by atoms with Crippen LogP contribution >= 0.6 is 7.29 Å². The normalized spacial score (nSPS) is 15.2. The highest BCUT2D eigenvalue weighted by Crippen LogP contribution is 2.50. The van der Waals surface area contributed by atoms with Crippen LogP contribution in [0.25, 0.3) is 0 Å². The molecule has 0 spiro atoms. The first-order valence-corrected chi connectivity index (χ1v) is 7.28. The second-order valence-electron chi connectivity index (χ2n) is 5.95. The highest BCUT2D eigenvalue weighted by molar-refractivity contribution is 7.60. The van der Waals surface area contributed by atoms with Crippen LogP contribution in [0.5, 0.6) is 0 Å². The van der Waals surface area contributed by atoms with Gasteiger partial charge in [-0.2, -0.15) is 0 Å². The van der Waals surface area contributed by atoms with Crippen molar-refractivity contribution >= 4 is 7.29 Å². The van der Waals surface area contributed by atoms with Gasteiger partial charge in [-0.15, -0.1) is 0 Å². The maximum Gasteiger partial charge on any atom is 0.145 e. The van der Waals surface area contributed by atoms with Crippen molar-refractivity contribution < 1.29 is 4.57 Å². The molecular weight excluding hydrogens is 181 g/mol. The Kier molecular flexibility index (Phi) is 3.45. The van der Waals surface area contributed by atoms with Gasteiger partial charge in [-0.3, -0.25) is 0 Å². The minimum Gasteiger partial charge on any atom is -0.307 e. The third-order valence-corrected chi connectivity index (χ3v) is 3.92. The number of hydrogen-bond donors (Lipinski definition) is 0. The Morgan fingerprint density at radius 3 is 1.08 bits per heavy atom. The van der Waals surface area contributed by atoms with Gasteiger partial charge in [-0.05, 0) is 41.5 Å². The maximum atomic E-state index is 12.1. The van der Waals surface area contributed by atoms with Gasteiger partial charge in [-0.1, -0.05) is 0 Å². The lowest BCUT2D eigenvalue weighted by atomic mass is 10.0. The van der Waals surface area contributed by atoms with Crippen LogP contribution in [-0.4, -0.2) is 29.1 Å². The lowest BCUT2D eigenvalue weighted by Crippen LogP contribution is -2.49. The van der Waals surface area contributed by atoms with Crippen LogP contribution in [0, 0.1) is 0 Å². The summed E-state index contributed by atoms with van der Waals surface area (Å²) in [5, 5.41) is 0. The molecule has 13 heavy (non-hydrogen) atoms. The molecule has 0 aliphatic rings. The largest absolute Gasteiger partial charge is 0.307 e. The van der Waals surface area contributed by atoms with Crippen molar-refractivity contribution in [3.63, 3.8) is 0 Å². The molecule has 0 unspecified atom stereocenters. The van der Waals surface area contributed by atoms with Gasteiger partial charge in [0.05, 0.1) is 0 Å². The molecule has 0 aromatic rings. The van der Waals surface area contributed by atoms with E-state index in [0.29, 0.717) is 0 Å². The van der Waals surface area contributed by atoms with E-state index < -0.39 is 7.29 Å². The molecule has 0 atom stereocenters. The Morgan fingerprint density at radius 2 is 1.08 bits per heavy atom. The van der Waals surface area contributed by atoms with E-state index >= 15 is 0 Å². The van der Waals surface area contributed by atoms with Crippen molar-refractivity contribution in [3.05, 3.63) is 0 Å². The summed E-state index contributed by atoms with van der Waals surface area (Å²) in [4.78, 5) is 0. The van der Waals surface area contributed by atoms with Gasteiger partial charge in [0, 0.05) is 24.4 Å². The van der Waals surface area contributed by atoms with Crippen LogP contribution in [0.2, 0.25) is 0 Å². The highest BCUT2D eigenvalue weighted by atomic mass is 31.2. The van der Waals surface area contributed by atoms with Gasteiger partial charge in [0.25, 0.3) is 0 Å². The van der Waals surface area contributed by atoms with E-state index in [1.165, 1.54) is 0 Å². The Bertz CT molecular complexity index is 202. The standard InChI is InChI=1S/C10H24NOP/c1-9(2,3)11(10(4,5)6)13(7,8)12/h1-8H3. The summed E-state index contributed by atoms with van der Waals surface area (Å²) in [7, 11) is -2.19.